The van der Waals surface area contributed by atoms with Gasteiger partial charge < -0.3 is 14.4 Å². The van der Waals surface area contributed by atoms with Crippen molar-refractivity contribution in [2.45, 2.75) is 20.4 Å². The minimum absolute atomic E-state index is 0.0717. The smallest absolute Gasteiger partial charge is 0.239 e. The van der Waals surface area contributed by atoms with E-state index in [0.29, 0.717) is 18.1 Å². The molecule has 3 heterocycles. The van der Waals surface area contributed by atoms with Crippen LogP contribution in [0.2, 0.25) is 0 Å². The van der Waals surface area contributed by atoms with Crippen molar-refractivity contribution in [3.05, 3.63) is 29.3 Å². The van der Waals surface area contributed by atoms with Crippen LogP contribution < -0.4 is 5.32 Å². The Morgan fingerprint density at radius 2 is 1.87 bits per heavy atom. The van der Waals surface area contributed by atoms with E-state index in [2.05, 4.69) is 25.4 Å². The molecule has 1 aliphatic heterocycles. The number of nitrogens with one attached hydrogen (secondary N) is 1. The number of aryl methyl sites for hydroxylation is 2. The molecule has 0 radical (unpaired) electrons. The van der Waals surface area contributed by atoms with E-state index in [0.717, 1.165) is 44.2 Å². The largest absolute Gasteiger partial charge is 0.360 e. The molecule has 1 N–H and O–H groups in total. The SMILES string of the molecule is Cc1cc(CN2CCN(CC(=O)Nc3cc(C)on3)CC2)on1. The number of anilines is 1. The fourth-order valence-corrected chi connectivity index (χ4v) is 2.63. The summed E-state index contributed by atoms with van der Waals surface area (Å²) in [7, 11) is 0. The number of amides is 1. The van der Waals surface area contributed by atoms with Crippen molar-refractivity contribution < 1.29 is 13.8 Å². The maximum absolute atomic E-state index is 12.0. The normalized spacial score (nSPS) is 16.6. The second kappa shape index (κ2) is 6.93. The first kappa shape index (κ1) is 15.7. The lowest BCUT2D eigenvalue weighted by Crippen LogP contribution is -2.48. The van der Waals surface area contributed by atoms with E-state index in [1.165, 1.54) is 0 Å². The molecule has 0 aromatic carbocycles. The van der Waals surface area contributed by atoms with E-state index in [1.807, 2.05) is 13.0 Å². The third-order valence-corrected chi connectivity index (χ3v) is 3.78. The number of carbonyl (C=O) groups is 1. The van der Waals surface area contributed by atoms with Crippen molar-refractivity contribution in [3.8, 4) is 0 Å². The van der Waals surface area contributed by atoms with Gasteiger partial charge in [0.15, 0.2) is 11.6 Å². The maximum Gasteiger partial charge on any atom is 0.239 e. The second-order valence-corrected chi connectivity index (χ2v) is 5.86. The van der Waals surface area contributed by atoms with Gasteiger partial charge in [0.1, 0.15) is 5.76 Å². The van der Waals surface area contributed by atoms with Gasteiger partial charge in [-0.3, -0.25) is 14.6 Å². The van der Waals surface area contributed by atoms with Crippen molar-refractivity contribution in [3.63, 3.8) is 0 Å². The third kappa shape index (κ3) is 4.40. The van der Waals surface area contributed by atoms with Crippen LogP contribution >= 0.6 is 0 Å². The lowest BCUT2D eigenvalue weighted by Gasteiger charge is -2.33. The molecule has 0 aliphatic carbocycles. The van der Waals surface area contributed by atoms with Crippen LogP contribution in [-0.2, 0) is 11.3 Å². The molecule has 1 aliphatic rings. The van der Waals surface area contributed by atoms with Crippen molar-refractivity contribution in [1.29, 1.82) is 0 Å². The van der Waals surface area contributed by atoms with Crippen LogP contribution in [0, 0.1) is 13.8 Å². The molecule has 23 heavy (non-hydrogen) atoms. The van der Waals surface area contributed by atoms with Crippen molar-refractivity contribution in [2.24, 2.45) is 0 Å². The lowest BCUT2D eigenvalue weighted by atomic mass is 10.3. The van der Waals surface area contributed by atoms with Crippen LogP contribution in [0.4, 0.5) is 5.82 Å². The van der Waals surface area contributed by atoms with Gasteiger partial charge in [-0.1, -0.05) is 10.3 Å². The van der Waals surface area contributed by atoms with E-state index < -0.39 is 0 Å². The Morgan fingerprint density at radius 3 is 2.48 bits per heavy atom. The summed E-state index contributed by atoms with van der Waals surface area (Å²) in [6.45, 7) is 8.32. The zero-order valence-electron chi connectivity index (χ0n) is 13.4. The number of piperazine rings is 1. The van der Waals surface area contributed by atoms with E-state index in [9.17, 15) is 4.79 Å². The van der Waals surface area contributed by atoms with E-state index in [-0.39, 0.29) is 5.91 Å². The maximum atomic E-state index is 12.0. The van der Waals surface area contributed by atoms with Crippen molar-refractivity contribution in [1.82, 2.24) is 20.1 Å². The highest BCUT2D eigenvalue weighted by Gasteiger charge is 2.20. The predicted octanol–water partition coefficient (Wildman–Crippen LogP) is 1.04. The van der Waals surface area contributed by atoms with Crippen LogP contribution in [0.1, 0.15) is 17.2 Å². The predicted molar refractivity (Wildman–Crippen MR) is 82.8 cm³/mol. The van der Waals surface area contributed by atoms with Gasteiger partial charge in [0.2, 0.25) is 5.91 Å². The average molecular weight is 319 g/mol. The molecule has 2 aromatic rings. The molecule has 8 nitrogen and oxygen atoms in total. The third-order valence-electron chi connectivity index (χ3n) is 3.78. The molecule has 1 fully saturated rings. The fraction of sp³-hybridized carbons (Fsp3) is 0.533. The molecule has 0 bridgehead atoms. The van der Waals surface area contributed by atoms with Crippen molar-refractivity contribution in [2.75, 3.05) is 38.0 Å². The number of nitrogens with zero attached hydrogens (tertiary/aromatic N) is 4. The highest BCUT2D eigenvalue weighted by atomic mass is 16.5. The Morgan fingerprint density at radius 1 is 1.13 bits per heavy atom. The molecule has 0 saturated carbocycles. The number of carbonyl (C=O) groups excluding carboxylic acids is 1. The van der Waals surface area contributed by atoms with E-state index in [4.69, 9.17) is 9.05 Å². The van der Waals surface area contributed by atoms with Gasteiger partial charge in [0.05, 0.1) is 18.8 Å². The second-order valence-electron chi connectivity index (χ2n) is 5.86. The van der Waals surface area contributed by atoms with E-state index >= 15 is 0 Å². The monoisotopic (exact) mass is 319 g/mol. The quantitative estimate of drug-likeness (QED) is 0.880. The molecular formula is C15H21N5O3. The Labute approximate surface area is 134 Å². The van der Waals surface area contributed by atoms with Gasteiger partial charge in [0.25, 0.3) is 0 Å². The number of rotatable bonds is 5. The number of hydrogen-bond donors (Lipinski definition) is 1. The van der Waals surface area contributed by atoms with Gasteiger partial charge in [0, 0.05) is 38.3 Å². The Balaban J connectivity index is 1.41. The molecule has 0 spiro atoms. The summed E-state index contributed by atoms with van der Waals surface area (Å²) in [6, 6.07) is 3.66. The minimum atomic E-state index is -0.0717. The van der Waals surface area contributed by atoms with Gasteiger partial charge >= 0.3 is 0 Å². The summed E-state index contributed by atoms with van der Waals surface area (Å²) < 4.78 is 10.2. The first-order valence-corrected chi connectivity index (χ1v) is 7.68. The van der Waals surface area contributed by atoms with Gasteiger partial charge in [-0.25, -0.2) is 0 Å². The average Bonchev–Trinajstić information content (AvgIpc) is 3.10. The van der Waals surface area contributed by atoms with Gasteiger partial charge in [-0.15, -0.1) is 0 Å². The zero-order chi connectivity index (χ0) is 16.2. The summed E-state index contributed by atoms with van der Waals surface area (Å²) in [4.78, 5) is 16.4. The molecule has 2 aromatic heterocycles. The van der Waals surface area contributed by atoms with Crippen LogP contribution in [0.25, 0.3) is 0 Å². The molecule has 1 saturated heterocycles. The molecule has 3 rings (SSSR count). The molecule has 1 amide bonds. The first-order valence-electron chi connectivity index (χ1n) is 7.68. The van der Waals surface area contributed by atoms with E-state index in [1.54, 1.807) is 13.0 Å². The molecular weight excluding hydrogens is 298 g/mol. The summed E-state index contributed by atoms with van der Waals surface area (Å²) in [6.07, 6.45) is 0. The highest BCUT2D eigenvalue weighted by Crippen LogP contribution is 2.10. The van der Waals surface area contributed by atoms with Crippen molar-refractivity contribution >= 4 is 11.7 Å². The summed E-state index contributed by atoms with van der Waals surface area (Å²) >= 11 is 0. The Bertz CT molecular complexity index is 658. The van der Waals surface area contributed by atoms with Crippen LogP contribution in [0.3, 0.4) is 0 Å². The number of hydrogen-bond acceptors (Lipinski definition) is 7. The number of aromatic nitrogens is 2. The van der Waals surface area contributed by atoms with Crippen LogP contribution in [0.5, 0.6) is 0 Å². The first-order chi connectivity index (χ1) is 11.1. The molecule has 0 atom stereocenters. The Kier molecular flexibility index (Phi) is 4.73. The molecule has 8 heteroatoms. The standard InChI is InChI=1S/C15H21N5O3/c1-11-7-13(23-17-11)9-19-3-5-20(6-4-19)10-15(21)16-14-8-12(2)22-18-14/h7-8H,3-6,9-10H2,1-2H3,(H,16,18,21). The van der Waals surface area contributed by atoms with Crippen LogP contribution in [0.15, 0.2) is 21.2 Å². The lowest BCUT2D eigenvalue weighted by molar-refractivity contribution is -0.117. The molecule has 0 unspecified atom stereocenters. The summed E-state index contributed by atoms with van der Waals surface area (Å²) in [5.74, 6) is 1.95. The zero-order valence-corrected chi connectivity index (χ0v) is 13.4. The van der Waals surface area contributed by atoms with Gasteiger partial charge in [-0.2, -0.15) is 0 Å². The highest BCUT2D eigenvalue weighted by molar-refractivity contribution is 5.91. The molecule has 124 valence electrons. The fourth-order valence-electron chi connectivity index (χ4n) is 2.63. The van der Waals surface area contributed by atoms with Gasteiger partial charge in [-0.05, 0) is 13.8 Å². The Hall–Kier alpha value is -2.19. The summed E-state index contributed by atoms with van der Waals surface area (Å²) in [5.41, 5.74) is 0.901. The topological polar surface area (TPSA) is 87.6 Å². The van der Waals surface area contributed by atoms with Crippen LogP contribution in [-0.4, -0.2) is 58.7 Å². The minimum Gasteiger partial charge on any atom is -0.360 e. The summed E-state index contributed by atoms with van der Waals surface area (Å²) in [5, 5.41) is 10.4.